The highest BCUT2D eigenvalue weighted by Crippen LogP contribution is 2.09. The minimum atomic E-state index is -0.463. The van der Waals surface area contributed by atoms with Gasteiger partial charge in [0.1, 0.15) is 0 Å². The number of benzene rings is 2. The number of amides is 1. The van der Waals surface area contributed by atoms with E-state index in [1.165, 1.54) is 5.56 Å². The maximum atomic E-state index is 12.1. The Balaban J connectivity index is 0.00000320. The first-order valence-corrected chi connectivity index (χ1v) is 9.66. The molecule has 0 unspecified atom stereocenters. The van der Waals surface area contributed by atoms with Crippen LogP contribution < -0.4 is 11.1 Å². The molecule has 1 atom stereocenters. The van der Waals surface area contributed by atoms with E-state index in [2.05, 4.69) is 20.8 Å². The van der Waals surface area contributed by atoms with Gasteiger partial charge in [-0.25, -0.2) is 4.68 Å². The molecule has 0 spiro atoms. The van der Waals surface area contributed by atoms with Crippen LogP contribution in [0, 0.1) is 0 Å². The summed E-state index contributed by atoms with van der Waals surface area (Å²) in [5, 5.41) is 14.5. The fourth-order valence-electron chi connectivity index (χ4n) is 2.88. The summed E-state index contributed by atoms with van der Waals surface area (Å²) in [5.74, 6) is 0.464. The third-order valence-electron chi connectivity index (χ3n) is 4.43. The minimum absolute atomic E-state index is 0. The second kappa shape index (κ2) is 12.5. The van der Waals surface area contributed by atoms with Crippen LogP contribution in [-0.4, -0.2) is 39.3 Å². The third-order valence-corrected chi connectivity index (χ3v) is 4.43. The number of rotatable bonds is 11. The van der Waals surface area contributed by atoms with Gasteiger partial charge in [-0.1, -0.05) is 68.1 Å². The summed E-state index contributed by atoms with van der Waals surface area (Å²) in [6, 6.07) is 19.4. The van der Waals surface area contributed by atoms with Crippen molar-refractivity contribution in [1.29, 1.82) is 0 Å². The number of ether oxygens (including phenoxy) is 1. The van der Waals surface area contributed by atoms with Crippen LogP contribution in [0.4, 0.5) is 0 Å². The molecule has 0 aliphatic carbocycles. The van der Waals surface area contributed by atoms with E-state index in [1.807, 2.05) is 60.7 Å². The molecule has 0 saturated heterocycles. The van der Waals surface area contributed by atoms with Crippen LogP contribution in [0.15, 0.2) is 60.7 Å². The smallest absolute Gasteiger partial charge is 0.221 e. The van der Waals surface area contributed by atoms with Crippen molar-refractivity contribution < 1.29 is 9.53 Å². The van der Waals surface area contributed by atoms with Gasteiger partial charge < -0.3 is 15.8 Å². The number of nitrogens with one attached hydrogen (secondary N) is 1. The Morgan fingerprint density at radius 1 is 1.07 bits per heavy atom. The van der Waals surface area contributed by atoms with Gasteiger partial charge in [0.15, 0.2) is 5.82 Å². The Hall–Kier alpha value is -3.10. The van der Waals surface area contributed by atoms with Gasteiger partial charge in [0.2, 0.25) is 5.91 Å². The summed E-state index contributed by atoms with van der Waals surface area (Å²) < 4.78 is 7.23. The van der Waals surface area contributed by atoms with Gasteiger partial charge in [-0.15, -0.1) is 5.10 Å². The first kappa shape index (κ1) is 23.2. The summed E-state index contributed by atoms with van der Waals surface area (Å²) in [4.78, 5) is 12.1. The molecule has 1 heterocycles. The molecule has 3 N–H and O–H groups in total. The van der Waals surface area contributed by atoms with E-state index in [4.69, 9.17) is 10.5 Å². The lowest BCUT2D eigenvalue weighted by Gasteiger charge is -2.12. The van der Waals surface area contributed by atoms with E-state index in [1.54, 1.807) is 4.68 Å². The second-order valence-corrected chi connectivity index (χ2v) is 6.70. The van der Waals surface area contributed by atoms with Crippen molar-refractivity contribution in [1.82, 2.24) is 25.5 Å². The number of tetrazole rings is 1. The molecule has 3 aromatic rings. The number of hydrogen-bond acceptors (Lipinski definition) is 6. The summed E-state index contributed by atoms with van der Waals surface area (Å²) in [6.45, 7) is 1.72. The van der Waals surface area contributed by atoms with Gasteiger partial charge in [-0.3, -0.25) is 4.79 Å². The van der Waals surface area contributed by atoms with Crippen molar-refractivity contribution >= 4 is 5.91 Å². The number of nitrogens with two attached hydrogens (primary N) is 1. The zero-order chi connectivity index (χ0) is 20.3. The molecule has 0 aliphatic rings. The molecule has 0 fully saturated rings. The summed E-state index contributed by atoms with van der Waals surface area (Å²) in [6.07, 6.45) is 1.08. The van der Waals surface area contributed by atoms with Crippen LogP contribution in [0.25, 0.3) is 0 Å². The average molecular weight is 411 g/mol. The Bertz CT molecular complexity index is 870. The summed E-state index contributed by atoms with van der Waals surface area (Å²) in [7, 11) is 0. The predicted molar refractivity (Wildman–Crippen MR) is 115 cm³/mol. The van der Waals surface area contributed by atoms with Gasteiger partial charge in [0, 0.05) is 13.0 Å². The van der Waals surface area contributed by atoms with Crippen molar-refractivity contribution in [3.05, 3.63) is 77.6 Å². The third kappa shape index (κ3) is 7.38. The molecule has 8 heteroatoms. The highest BCUT2D eigenvalue weighted by molar-refractivity contribution is 5.75. The number of nitrogens with zero attached hydrogens (tertiary/aromatic N) is 4. The van der Waals surface area contributed by atoms with Crippen molar-refractivity contribution in [3.8, 4) is 0 Å². The summed E-state index contributed by atoms with van der Waals surface area (Å²) in [5.41, 5.74) is 8.43. The maximum absolute atomic E-state index is 12.1. The molecule has 8 nitrogen and oxygen atoms in total. The molecule has 30 heavy (non-hydrogen) atoms. The Kier molecular flexibility index (Phi) is 9.63. The molecule has 3 rings (SSSR count). The van der Waals surface area contributed by atoms with Crippen molar-refractivity contribution in [2.24, 2.45) is 5.73 Å². The van der Waals surface area contributed by atoms with Gasteiger partial charge in [-0.05, 0) is 28.0 Å². The van der Waals surface area contributed by atoms with E-state index >= 15 is 0 Å². The number of carbonyl (C=O) groups excluding carboxylic acids is 1. The van der Waals surface area contributed by atoms with Crippen molar-refractivity contribution in [2.45, 2.75) is 39.5 Å². The molecule has 1 amide bonds. The van der Waals surface area contributed by atoms with E-state index in [0.717, 1.165) is 12.0 Å². The Morgan fingerprint density at radius 2 is 1.73 bits per heavy atom. The quantitative estimate of drug-likeness (QED) is 0.502. The molecular weight excluding hydrogens is 380 g/mol. The topological polar surface area (TPSA) is 108 Å². The highest BCUT2D eigenvalue weighted by Gasteiger charge is 2.16. The first-order valence-electron chi connectivity index (χ1n) is 9.66. The lowest BCUT2D eigenvalue weighted by atomic mass is 10.1. The van der Waals surface area contributed by atoms with Crippen LogP contribution >= 0.6 is 0 Å². The molecule has 160 valence electrons. The van der Waals surface area contributed by atoms with Crippen LogP contribution in [0.1, 0.15) is 36.8 Å². The molecule has 1 aromatic heterocycles. The molecule has 0 radical (unpaired) electrons. The number of aromatic nitrogens is 4. The zero-order valence-corrected chi connectivity index (χ0v) is 16.3. The largest absolute Gasteiger partial charge is 0.375 e. The lowest BCUT2D eigenvalue weighted by Crippen LogP contribution is -2.28. The average Bonchev–Trinajstić information content (AvgIpc) is 3.22. The van der Waals surface area contributed by atoms with E-state index < -0.39 is 6.04 Å². The Morgan fingerprint density at radius 3 is 2.43 bits per heavy atom. The van der Waals surface area contributed by atoms with Crippen LogP contribution in [0.5, 0.6) is 0 Å². The number of hydrogen-bond donors (Lipinski definition) is 2. The lowest BCUT2D eigenvalue weighted by molar-refractivity contribution is -0.121. The van der Waals surface area contributed by atoms with Crippen LogP contribution in [0.2, 0.25) is 0 Å². The molecule has 0 aliphatic heterocycles. The van der Waals surface area contributed by atoms with Crippen LogP contribution in [-0.2, 0) is 29.1 Å². The van der Waals surface area contributed by atoms with Gasteiger partial charge in [-0.2, -0.15) is 0 Å². The molecule has 0 bridgehead atoms. The first-order chi connectivity index (χ1) is 14.2. The van der Waals surface area contributed by atoms with Gasteiger partial charge in [0.25, 0.3) is 0 Å². The van der Waals surface area contributed by atoms with Crippen molar-refractivity contribution in [3.63, 3.8) is 0 Å². The number of aryl methyl sites for hydroxylation is 1. The SMILES string of the molecule is C.N[C@H](COCc1ccccc1)c1nnnn1CCC(=O)NCCc1ccccc1. The molecule has 2 aromatic carbocycles. The molecular formula is C22H30N6O2. The van der Waals surface area contributed by atoms with E-state index in [0.29, 0.717) is 32.1 Å². The maximum Gasteiger partial charge on any atom is 0.221 e. The fourth-order valence-corrected chi connectivity index (χ4v) is 2.88. The van der Waals surface area contributed by atoms with Crippen LogP contribution in [0.3, 0.4) is 0 Å². The predicted octanol–water partition coefficient (Wildman–Crippen LogP) is 2.27. The van der Waals surface area contributed by atoms with Gasteiger partial charge in [0.05, 0.1) is 25.8 Å². The van der Waals surface area contributed by atoms with Crippen molar-refractivity contribution in [2.75, 3.05) is 13.2 Å². The zero-order valence-electron chi connectivity index (χ0n) is 16.3. The highest BCUT2D eigenvalue weighted by atomic mass is 16.5. The fraction of sp³-hybridized carbons (Fsp3) is 0.364. The standard InChI is InChI=1S/C21H26N6O2.CH4/c22-19(16-29-15-18-9-5-2-6-10-18)21-24-25-26-27(21)14-12-20(28)23-13-11-17-7-3-1-4-8-17;/h1-10,19H,11-16,22H2,(H,23,28);1H4/t19-;/m1./s1. The second-order valence-electron chi connectivity index (χ2n) is 6.70. The number of carbonyl (C=O) groups is 1. The molecule has 0 saturated carbocycles. The van der Waals surface area contributed by atoms with Gasteiger partial charge >= 0.3 is 0 Å². The summed E-state index contributed by atoms with van der Waals surface area (Å²) >= 11 is 0. The Labute approximate surface area is 177 Å². The van der Waals surface area contributed by atoms with E-state index in [9.17, 15) is 4.79 Å². The minimum Gasteiger partial charge on any atom is -0.375 e. The van der Waals surface area contributed by atoms with E-state index in [-0.39, 0.29) is 19.8 Å². The normalized spacial score (nSPS) is 11.5. The monoisotopic (exact) mass is 410 g/mol.